The summed E-state index contributed by atoms with van der Waals surface area (Å²) in [6, 6.07) is 15.7. The average molecular weight is 297 g/mol. The minimum Gasteiger partial charge on any atom is -0.397 e. The topological polar surface area (TPSA) is 67.2 Å². The van der Waals surface area contributed by atoms with Gasteiger partial charge in [0, 0.05) is 18.2 Å². The zero-order valence-corrected chi connectivity index (χ0v) is 13.1. The summed E-state index contributed by atoms with van der Waals surface area (Å²) in [6.45, 7) is 4.77. The van der Waals surface area contributed by atoms with Gasteiger partial charge in [0.2, 0.25) is 0 Å². The van der Waals surface area contributed by atoms with Gasteiger partial charge in [-0.1, -0.05) is 37.3 Å². The lowest BCUT2D eigenvalue weighted by molar-refractivity contribution is 0.0953. The number of carbonyl (C=O) groups is 1. The summed E-state index contributed by atoms with van der Waals surface area (Å²) in [7, 11) is 0. The van der Waals surface area contributed by atoms with E-state index in [1.165, 1.54) is 5.56 Å². The predicted octanol–water partition coefficient (Wildman–Crippen LogP) is 3.58. The van der Waals surface area contributed by atoms with E-state index in [9.17, 15) is 4.79 Å². The molecule has 0 spiro atoms. The molecule has 2 aromatic carbocycles. The number of nitrogen functional groups attached to an aromatic ring is 1. The number of rotatable bonds is 6. The van der Waals surface area contributed by atoms with E-state index in [4.69, 9.17) is 5.73 Å². The second kappa shape index (κ2) is 7.50. The summed E-state index contributed by atoms with van der Waals surface area (Å²) in [6.07, 6.45) is 0.912. The SMILES string of the molecule is CCCNC(=O)c1ccc(N[C@H](C)c2ccccc2)c(N)c1. The fourth-order valence-electron chi connectivity index (χ4n) is 2.23. The Morgan fingerprint density at radius 2 is 1.91 bits per heavy atom. The first-order valence-corrected chi connectivity index (χ1v) is 7.61. The molecule has 0 unspecified atom stereocenters. The van der Waals surface area contributed by atoms with Gasteiger partial charge < -0.3 is 16.4 Å². The number of nitrogens with two attached hydrogens (primary N) is 1. The van der Waals surface area contributed by atoms with E-state index in [-0.39, 0.29) is 11.9 Å². The van der Waals surface area contributed by atoms with Gasteiger partial charge in [0.1, 0.15) is 0 Å². The van der Waals surface area contributed by atoms with Crippen LogP contribution in [0.4, 0.5) is 11.4 Å². The maximum absolute atomic E-state index is 11.9. The molecule has 0 aliphatic heterocycles. The molecule has 0 saturated carbocycles. The summed E-state index contributed by atoms with van der Waals surface area (Å²) in [4.78, 5) is 11.9. The molecule has 0 aliphatic carbocycles. The minimum atomic E-state index is -0.0868. The molecule has 1 amide bonds. The molecule has 22 heavy (non-hydrogen) atoms. The van der Waals surface area contributed by atoms with Crippen molar-refractivity contribution in [2.75, 3.05) is 17.6 Å². The zero-order chi connectivity index (χ0) is 15.9. The van der Waals surface area contributed by atoms with Crippen LogP contribution in [0, 0.1) is 0 Å². The van der Waals surface area contributed by atoms with E-state index in [1.807, 2.05) is 31.2 Å². The molecule has 4 nitrogen and oxygen atoms in total. The lowest BCUT2D eigenvalue weighted by Crippen LogP contribution is -2.24. The van der Waals surface area contributed by atoms with Gasteiger partial charge in [-0.25, -0.2) is 0 Å². The van der Waals surface area contributed by atoms with Gasteiger partial charge in [-0.2, -0.15) is 0 Å². The van der Waals surface area contributed by atoms with Crippen molar-refractivity contribution in [1.29, 1.82) is 0 Å². The van der Waals surface area contributed by atoms with Crippen molar-refractivity contribution in [3.63, 3.8) is 0 Å². The van der Waals surface area contributed by atoms with Crippen molar-refractivity contribution in [3.8, 4) is 0 Å². The van der Waals surface area contributed by atoms with E-state index >= 15 is 0 Å². The highest BCUT2D eigenvalue weighted by molar-refractivity contribution is 5.96. The molecule has 0 aliphatic rings. The minimum absolute atomic E-state index is 0.0868. The highest BCUT2D eigenvalue weighted by atomic mass is 16.1. The summed E-state index contributed by atoms with van der Waals surface area (Å²) >= 11 is 0. The third-order valence-corrected chi connectivity index (χ3v) is 3.52. The Kier molecular flexibility index (Phi) is 5.42. The summed E-state index contributed by atoms with van der Waals surface area (Å²) in [5.74, 6) is -0.0868. The summed E-state index contributed by atoms with van der Waals surface area (Å²) < 4.78 is 0. The van der Waals surface area contributed by atoms with Crippen LogP contribution in [0.2, 0.25) is 0 Å². The maximum Gasteiger partial charge on any atom is 0.251 e. The monoisotopic (exact) mass is 297 g/mol. The first-order valence-electron chi connectivity index (χ1n) is 7.61. The van der Waals surface area contributed by atoms with Crippen LogP contribution in [0.5, 0.6) is 0 Å². The second-order valence-corrected chi connectivity index (χ2v) is 5.33. The Morgan fingerprint density at radius 1 is 1.18 bits per heavy atom. The molecule has 4 N–H and O–H groups in total. The van der Waals surface area contributed by atoms with Gasteiger partial charge in [0.15, 0.2) is 0 Å². The van der Waals surface area contributed by atoms with Gasteiger partial charge in [-0.15, -0.1) is 0 Å². The quantitative estimate of drug-likeness (QED) is 0.714. The molecule has 0 heterocycles. The van der Waals surface area contributed by atoms with Crippen molar-refractivity contribution >= 4 is 17.3 Å². The molecule has 0 saturated heterocycles. The Labute approximate surface area is 131 Å². The summed E-state index contributed by atoms with van der Waals surface area (Å²) in [5.41, 5.74) is 9.26. The number of hydrogen-bond acceptors (Lipinski definition) is 3. The molecule has 0 radical (unpaired) electrons. The Bertz CT molecular complexity index is 625. The van der Waals surface area contributed by atoms with Crippen molar-refractivity contribution in [1.82, 2.24) is 5.32 Å². The average Bonchev–Trinajstić information content (AvgIpc) is 2.55. The van der Waals surface area contributed by atoms with Crippen LogP contribution < -0.4 is 16.4 Å². The number of benzene rings is 2. The third kappa shape index (κ3) is 4.01. The number of anilines is 2. The molecular formula is C18H23N3O. The van der Waals surface area contributed by atoms with Crippen LogP contribution in [0.3, 0.4) is 0 Å². The summed E-state index contributed by atoms with van der Waals surface area (Å²) in [5, 5.41) is 6.23. The standard InChI is InChI=1S/C18H23N3O/c1-3-11-20-18(22)15-9-10-17(16(19)12-15)21-13(2)14-7-5-4-6-8-14/h4-10,12-13,21H,3,11,19H2,1-2H3,(H,20,22)/t13-/m1/s1. The van der Waals surface area contributed by atoms with Crippen molar-refractivity contribution < 1.29 is 4.79 Å². The smallest absolute Gasteiger partial charge is 0.251 e. The first kappa shape index (κ1) is 15.9. The van der Waals surface area contributed by atoms with Gasteiger partial charge in [0.05, 0.1) is 11.4 Å². The van der Waals surface area contributed by atoms with Crippen LogP contribution >= 0.6 is 0 Å². The molecule has 0 fully saturated rings. The fraction of sp³-hybridized carbons (Fsp3) is 0.278. The number of nitrogens with one attached hydrogen (secondary N) is 2. The Balaban J connectivity index is 2.08. The molecular weight excluding hydrogens is 274 g/mol. The van der Waals surface area contributed by atoms with E-state index in [0.29, 0.717) is 17.8 Å². The van der Waals surface area contributed by atoms with Crippen molar-refractivity contribution in [2.24, 2.45) is 0 Å². The first-order chi connectivity index (χ1) is 10.6. The molecule has 1 atom stereocenters. The lowest BCUT2D eigenvalue weighted by atomic mass is 10.1. The largest absolute Gasteiger partial charge is 0.397 e. The van der Waals surface area contributed by atoms with Crippen LogP contribution in [0.25, 0.3) is 0 Å². The highest BCUT2D eigenvalue weighted by Crippen LogP contribution is 2.25. The van der Waals surface area contributed by atoms with Crippen LogP contribution in [-0.4, -0.2) is 12.5 Å². The van der Waals surface area contributed by atoms with Gasteiger partial charge >= 0.3 is 0 Å². The third-order valence-electron chi connectivity index (χ3n) is 3.52. The maximum atomic E-state index is 11.9. The van der Waals surface area contributed by atoms with Gasteiger partial charge in [0.25, 0.3) is 5.91 Å². The normalized spacial score (nSPS) is 11.7. The van der Waals surface area contributed by atoms with Crippen molar-refractivity contribution in [2.45, 2.75) is 26.3 Å². The Hall–Kier alpha value is -2.49. The number of amides is 1. The van der Waals surface area contributed by atoms with Crippen LogP contribution in [0.15, 0.2) is 48.5 Å². The van der Waals surface area contributed by atoms with E-state index in [0.717, 1.165) is 12.1 Å². The van der Waals surface area contributed by atoms with Crippen LogP contribution in [-0.2, 0) is 0 Å². The van der Waals surface area contributed by atoms with Gasteiger partial charge in [-0.05, 0) is 37.1 Å². The number of hydrogen-bond donors (Lipinski definition) is 3. The molecule has 2 rings (SSSR count). The lowest BCUT2D eigenvalue weighted by Gasteiger charge is -2.17. The highest BCUT2D eigenvalue weighted by Gasteiger charge is 2.10. The molecule has 4 heteroatoms. The second-order valence-electron chi connectivity index (χ2n) is 5.33. The molecule has 116 valence electrons. The van der Waals surface area contributed by atoms with Crippen LogP contribution in [0.1, 0.15) is 42.2 Å². The number of carbonyl (C=O) groups excluding carboxylic acids is 1. The van der Waals surface area contributed by atoms with E-state index in [2.05, 4.69) is 29.7 Å². The molecule has 2 aromatic rings. The van der Waals surface area contributed by atoms with E-state index in [1.54, 1.807) is 12.1 Å². The van der Waals surface area contributed by atoms with Crippen molar-refractivity contribution in [3.05, 3.63) is 59.7 Å². The molecule has 0 aromatic heterocycles. The zero-order valence-electron chi connectivity index (χ0n) is 13.1. The predicted molar refractivity (Wildman–Crippen MR) is 92.0 cm³/mol. The van der Waals surface area contributed by atoms with E-state index < -0.39 is 0 Å². The fourth-order valence-corrected chi connectivity index (χ4v) is 2.23. The van der Waals surface area contributed by atoms with Gasteiger partial charge in [-0.3, -0.25) is 4.79 Å². The molecule has 0 bridgehead atoms. The Morgan fingerprint density at radius 3 is 2.55 bits per heavy atom.